The van der Waals surface area contributed by atoms with Gasteiger partial charge in [0, 0.05) is 44.8 Å². The lowest BCUT2D eigenvalue weighted by Gasteiger charge is -2.29. The van der Waals surface area contributed by atoms with E-state index >= 15 is 0 Å². The highest BCUT2D eigenvalue weighted by atomic mass is 16.5. The van der Waals surface area contributed by atoms with Gasteiger partial charge in [-0.15, -0.1) is 0 Å². The van der Waals surface area contributed by atoms with Gasteiger partial charge < -0.3 is 18.9 Å². The molecule has 1 unspecified atom stereocenters. The number of hydrogen-bond donors (Lipinski definition) is 0. The van der Waals surface area contributed by atoms with E-state index in [0.717, 1.165) is 64.1 Å². The van der Waals surface area contributed by atoms with Crippen molar-refractivity contribution in [1.82, 2.24) is 15.0 Å². The van der Waals surface area contributed by atoms with Gasteiger partial charge in [0.15, 0.2) is 5.82 Å². The number of hydrogen-bond acceptors (Lipinski definition) is 6. The van der Waals surface area contributed by atoms with Crippen molar-refractivity contribution in [3.63, 3.8) is 0 Å². The molecule has 0 saturated carbocycles. The minimum atomic E-state index is -0.0542. The highest BCUT2D eigenvalue weighted by Gasteiger charge is 2.37. The van der Waals surface area contributed by atoms with Crippen LogP contribution in [0.15, 0.2) is 4.52 Å². The van der Waals surface area contributed by atoms with Gasteiger partial charge in [-0.05, 0) is 38.5 Å². The van der Waals surface area contributed by atoms with Crippen LogP contribution in [0.5, 0.6) is 0 Å². The number of aromatic nitrogens is 2. The summed E-state index contributed by atoms with van der Waals surface area (Å²) in [5, 5.41) is 4.19. The smallest absolute Gasteiger partial charge is 0.249 e. The van der Waals surface area contributed by atoms with E-state index in [4.69, 9.17) is 14.0 Å². The summed E-state index contributed by atoms with van der Waals surface area (Å²) >= 11 is 0. The van der Waals surface area contributed by atoms with Gasteiger partial charge in [0.1, 0.15) is 6.04 Å². The van der Waals surface area contributed by atoms with Gasteiger partial charge in [-0.2, -0.15) is 4.98 Å². The van der Waals surface area contributed by atoms with Crippen molar-refractivity contribution in [3.8, 4) is 0 Å². The zero-order valence-electron chi connectivity index (χ0n) is 14.0. The number of rotatable bonds is 3. The molecule has 4 heterocycles. The molecule has 1 atom stereocenters. The molecule has 0 aromatic carbocycles. The summed E-state index contributed by atoms with van der Waals surface area (Å²) < 4.78 is 16.3. The molecule has 3 aliphatic rings. The SMILES string of the molecule is O=C(C1CCOCC1)N1CCCC1c1nc(C2CCOCC2)no1. The fourth-order valence-electron chi connectivity index (χ4n) is 3.97. The minimum absolute atomic E-state index is 0.0542. The third-order valence-electron chi connectivity index (χ3n) is 5.44. The van der Waals surface area contributed by atoms with Crippen molar-refractivity contribution >= 4 is 5.91 Å². The zero-order chi connectivity index (χ0) is 16.4. The number of amides is 1. The highest BCUT2D eigenvalue weighted by molar-refractivity contribution is 5.79. The number of likely N-dealkylation sites (tertiary alicyclic amines) is 1. The number of nitrogens with zero attached hydrogens (tertiary/aromatic N) is 3. The fraction of sp³-hybridized carbons (Fsp3) is 0.824. The van der Waals surface area contributed by atoms with Gasteiger partial charge >= 0.3 is 0 Å². The monoisotopic (exact) mass is 335 g/mol. The van der Waals surface area contributed by atoms with E-state index in [9.17, 15) is 4.79 Å². The van der Waals surface area contributed by atoms with Crippen molar-refractivity contribution in [2.24, 2.45) is 5.92 Å². The molecule has 132 valence electrons. The van der Waals surface area contributed by atoms with Crippen LogP contribution in [0.1, 0.15) is 62.2 Å². The molecule has 7 heteroatoms. The lowest BCUT2D eigenvalue weighted by atomic mass is 9.98. The van der Waals surface area contributed by atoms with E-state index < -0.39 is 0 Å². The van der Waals surface area contributed by atoms with Crippen LogP contribution in [0.2, 0.25) is 0 Å². The molecule has 4 rings (SSSR count). The first-order chi connectivity index (χ1) is 11.8. The Morgan fingerprint density at radius 3 is 2.46 bits per heavy atom. The van der Waals surface area contributed by atoms with Gasteiger partial charge in [-0.3, -0.25) is 4.79 Å². The summed E-state index contributed by atoms with van der Waals surface area (Å²) in [5.74, 6) is 2.01. The Morgan fingerprint density at radius 2 is 1.71 bits per heavy atom. The average molecular weight is 335 g/mol. The second-order valence-electron chi connectivity index (χ2n) is 6.95. The molecule has 0 bridgehead atoms. The topological polar surface area (TPSA) is 77.7 Å². The summed E-state index contributed by atoms with van der Waals surface area (Å²) in [6.07, 6.45) is 5.42. The van der Waals surface area contributed by atoms with Crippen molar-refractivity contribution in [3.05, 3.63) is 11.7 Å². The summed E-state index contributed by atoms with van der Waals surface area (Å²) in [6, 6.07) is -0.0542. The molecule has 3 fully saturated rings. The highest BCUT2D eigenvalue weighted by Crippen LogP contribution is 2.35. The molecular formula is C17H25N3O4. The molecule has 1 amide bonds. The molecule has 3 aliphatic heterocycles. The maximum absolute atomic E-state index is 12.9. The van der Waals surface area contributed by atoms with Crippen LogP contribution in [0.4, 0.5) is 0 Å². The zero-order valence-corrected chi connectivity index (χ0v) is 14.0. The Kier molecular flexibility index (Phi) is 4.80. The molecule has 7 nitrogen and oxygen atoms in total. The first-order valence-electron chi connectivity index (χ1n) is 9.12. The van der Waals surface area contributed by atoms with E-state index in [1.165, 1.54) is 0 Å². The van der Waals surface area contributed by atoms with Crippen LogP contribution >= 0.6 is 0 Å². The number of carbonyl (C=O) groups is 1. The first-order valence-corrected chi connectivity index (χ1v) is 9.12. The summed E-state index contributed by atoms with van der Waals surface area (Å²) in [5.41, 5.74) is 0. The van der Waals surface area contributed by atoms with Crippen LogP contribution in [0.25, 0.3) is 0 Å². The second-order valence-corrected chi connectivity index (χ2v) is 6.95. The standard InChI is InChI=1S/C17H25N3O4/c21-17(13-5-10-23-11-6-13)20-7-1-2-14(20)16-18-15(19-24-16)12-3-8-22-9-4-12/h12-14H,1-11H2. The lowest BCUT2D eigenvalue weighted by Crippen LogP contribution is -2.38. The van der Waals surface area contributed by atoms with Gasteiger partial charge in [0.25, 0.3) is 0 Å². The molecule has 1 aromatic heterocycles. The van der Waals surface area contributed by atoms with Gasteiger partial charge in [-0.1, -0.05) is 5.16 Å². The van der Waals surface area contributed by atoms with Crippen LogP contribution in [0, 0.1) is 5.92 Å². The molecule has 3 saturated heterocycles. The van der Waals surface area contributed by atoms with Crippen LogP contribution < -0.4 is 0 Å². The fourth-order valence-corrected chi connectivity index (χ4v) is 3.97. The molecule has 0 spiro atoms. The predicted octanol–water partition coefficient (Wildman–Crippen LogP) is 2.05. The van der Waals surface area contributed by atoms with Crippen molar-refractivity contribution in [2.75, 3.05) is 33.0 Å². The van der Waals surface area contributed by atoms with Gasteiger partial charge in [0.05, 0.1) is 0 Å². The van der Waals surface area contributed by atoms with E-state index in [1.807, 2.05) is 4.90 Å². The molecule has 0 aliphatic carbocycles. The van der Waals surface area contributed by atoms with E-state index in [-0.39, 0.29) is 17.9 Å². The maximum atomic E-state index is 12.9. The Morgan fingerprint density at radius 1 is 1.00 bits per heavy atom. The van der Waals surface area contributed by atoms with Crippen molar-refractivity contribution in [1.29, 1.82) is 0 Å². The molecule has 0 radical (unpaired) electrons. The van der Waals surface area contributed by atoms with Crippen LogP contribution in [-0.4, -0.2) is 53.9 Å². The largest absolute Gasteiger partial charge is 0.381 e. The van der Waals surface area contributed by atoms with E-state index in [1.54, 1.807) is 0 Å². The first kappa shape index (κ1) is 16.0. The van der Waals surface area contributed by atoms with Gasteiger partial charge in [-0.25, -0.2) is 0 Å². The summed E-state index contributed by atoms with van der Waals surface area (Å²) in [6.45, 7) is 3.67. The molecule has 1 aromatic rings. The maximum Gasteiger partial charge on any atom is 0.249 e. The Bertz CT molecular complexity index is 564. The summed E-state index contributed by atoms with van der Waals surface area (Å²) in [4.78, 5) is 19.5. The van der Waals surface area contributed by atoms with Gasteiger partial charge in [0.2, 0.25) is 11.8 Å². The predicted molar refractivity (Wildman–Crippen MR) is 84.3 cm³/mol. The Hall–Kier alpha value is -1.47. The van der Waals surface area contributed by atoms with Crippen molar-refractivity contribution in [2.45, 2.75) is 50.5 Å². The molecule has 0 N–H and O–H groups in total. The molecular weight excluding hydrogens is 310 g/mol. The number of carbonyl (C=O) groups excluding carboxylic acids is 1. The average Bonchev–Trinajstić information content (AvgIpc) is 3.32. The Balaban J connectivity index is 1.46. The number of ether oxygens (including phenoxy) is 2. The minimum Gasteiger partial charge on any atom is -0.381 e. The van der Waals surface area contributed by atoms with E-state index in [0.29, 0.717) is 25.0 Å². The summed E-state index contributed by atoms with van der Waals surface area (Å²) in [7, 11) is 0. The Labute approximate surface area is 141 Å². The van der Waals surface area contributed by atoms with Crippen molar-refractivity contribution < 1.29 is 18.8 Å². The quantitative estimate of drug-likeness (QED) is 0.841. The van der Waals surface area contributed by atoms with Crippen LogP contribution in [0.3, 0.4) is 0 Å². The van der Waals surface area contributed by atoms with E-state index in [2.05, 4.69) is 10.1 Å². The normalized spacial score (nSPS) is 26.8. The third-order valence-corrected chi connectivity index (χ3v) is 5.44. The second kappa shape index (κ2) is 7.19. The third kappa shape index (κ3) is 3.19. The molecule has 24 heavy (non-hydrogen) atoms. The van der Waals surface area contributed by atoms with Crippen LogP contribution in [-0.2, 0) is 14.3 Å². The lowest BCUT2D eigenvalue weighted by molar-refractivity contribution is -0.140.